The first kappa shape index (κ1) is 18.1. The normalized spacial score (nSPS) is 11.5. The molecule has 0 spiro atoms. The quantitative estimate of drug-likeness (QED) is 0.685. The lowest BCUT2D eigenvalue weighted by Crippen LogP contribution is -2.23. The highest BCUT2D eigenvalue weighted by molar-refractivity contribution is 6.68. The van der Waals surface area contributed by atoms with E-state index in [0.717, 1.165) is 17.5 Å². The van der Waals surface area contributed by atoms with Gasteiger partial charge in [0.1, 0.15) is 5.71 Å². The molecule has 0 saturated carbocycles. The zero-order valence-electron chi connectivity index (χ0n) is 14.1. The molecule has 5 nitrogen and oxygen atoms in total. The Morgan fingerprint density at radius 3 is 2.44 bits per heavy atom. The van der Waals surface area contributed by atoms with Crippen molar-refractivity contribution in [3.63, 3.8) is 0 Å². The first-order valence-electron chi connectivity index (χ1n) is 7.93. The average Bonchev–Trinajstić information content (AvgIpc) is 2.61. The third-order valence-corrected chi connectivity index (χ3v) is 3.40. The SMILES string of the molecule is Cc1cccc(N=CCC(=O)C(=N)C(CC=N)=Nc2ccccc2)c1. The maximum Gasteiger partial charge on any atom is 0.187 e. The summed E-state index contributed by atoms with van der Waals surface area (Å²) in [6, 6.07) is 16.8. The summed E-state index contributed by atoms with van der Waals surface area (Å²) in [7, 11) is 0. The van der Waals surface area contributed by atoms with Crippen LogP contribution in [0.25, 0.3) is 0 Å². The maximum absolute atomic E-state index is 12.2. The highest BCUT2D eigenvalue weighted by Gasteiger charge is 2.14. The largest absolute Gasteiger partial charge is 0.313 e. The van der Waals surface area contributed by atoms with Gasteiger partial charge < -0.3 is 5.41 Å². The number of benzene rings is 2. The highest BCUT2D eigenvalue weighted by atomic mass is 16.1. The van der Waals surface area contributed by atoms with E-state index in [1.165, 1.54) is 6.21 Å². The standard InChI is InChI=1S/C20H20N4O/c1-15-6-5-9-17(14-15)23-13-11-19(25)20(22)18(10-12-21)24-16-7-3-2-4-8-16/h2-9,12-14,21-22H,10-11H2,1H3. The Labute approximate surface area is 147 Å². The van der Waals surface area contributed by atoms with Crippen LogP contribution in [0.5, 0.6) is 0 Å². The predicted octanol–water partition coefficient (Wildman–Crippen LogP) is 4.49. The second kappa shape index (κ2) is 9.17. The number of aliphatic imine (C=N–C) groups is 2. The Hall–Kier alpha value is -3.21. The minimum absolute atomic E-state index is 0.0264. The number of nitrogens with zero attached hydrogens (tertiary/aromatic N) is 2. The van der Waals surface area contributed by atoms with Gasteiger partial charge in [-0.2, -0.15) is 0 Å². The van der Waals surface area contributed by atoms with E-state index in [4.69, 9.17) is 10.8 Å². The van der Waals surface area contributed by atoms with Gasteiger partial charge in [0, 0.05) is 25.3 Å². The molecule has 0 amide bonds. The van der Waals surface area contributed by atoms with E-state index in [0.29, 0.717) is 5.69 Å². The van der Waals surface area contributed by atoms with Crippen LogP contribution in [0.15, 0.2) is 64.6 Å². The molecule has 0 aliphatic carbocycles. The van der Waals surface area contributed by atoms with Gasteiger partial charge in [-0.3, -0.25) is 20.2 Å². The fourth-order valence-electron chi connectivity index (χ4n) is 2.16. The van der Waals surface area contributed by atoms with Gasteiger partial charge in [0.2, 0.25) is 0 Å². The van der Waals surface area contributed by atoms with Crippen molar-refractivity contribution in [2.45, 2.75) is 19.8 Å². The molecule has 2 aromatic carbocycles. The molecule has 0 aliphatic heterocycles. The summed E-state index contributed by atoms with van der Waals surface area (Å²) in [4.78, 5) is 20.8. The molecule has 5 heteroatoms. The third kappa shape index (κ3) is 5.73. The van der Waals surface area contributed by atoms with Crippen molar-refractivity contribution < 1.29 is 4.79 Å². The average molecular weight is 332 g/mol. The van der Waals surface area contributed by atoms with Crippen LogP contribution in [0.1, 0.15) is 18.4 Å². The molecule has 0 aromatic heterocycles. The molecule has 0 heterocycles. The number of Topliss-reactive ketones (excluding diaryl/α,β-unsaturated/α-hetero) is 1. The number of hydrogen-bond acceptors (Lipinski definition) is 5. The molecule has 2 N–H and O–H groups in total. The third-order valence-electron chi connectivity index (χ3n) is 3.40. The topological polar surface area (TPSA) is 89.5 Å². The number of aryl methyl sites for hydroxylation is 1. The van der Waals surface area contributed by atoms with Crippen LogP contribution >= 0.6 is 0 Å². The molecular weight excluding hydrogens is 312 g/mol. The van der Waals surface area contributed by atoms with Gasteiger partial charge in [-0.1, -0.05) is 30.3 Å². The fraction of sp³-hybridized carbons (Fsp3) is 0.150. The summed E-state index contributed by atoms with van der Waals surface area (Å²) in [6.07, 6.45) is 2.83. The number of carbonyl (C=O) groups excluding carboxylic acids is 1. The lowest BCUT2D eigenvalue weighted by Gasteiger charge is -2.04. The van der Waals surface area contributed by atoms with Crippen LogP contribution < -0.4 is 0 Å². The van der Waals surface area contributed by atoms with Crippen molar-refractivity contribution in [2.24, 2.45) is 9.98 Å². The molecule has 0 unspecified atom stereocenters. The van der Waals surface area contributed by atoms with Gasteiger partial charge in [-0.25, -0.2) is 0 Å². The van der Waals surface area contributed by atoms with Crippen LogP contribution in [0.3, 0.4) is 0 Å². The van der Waals surface area contributed by atoms with Gasteiger partial charge in [0.15, 0.2) is 5.78 Å². The minimum atomic E-state index is -0.368. The van der Waals surface area contributed by atoms with E-state index in [1.807, 2.05) is 49.4 Å². The minimum Gasteiger partial charge on any atom is -0.313 e. The number of ketones is 1. The maximum atomic E-state index is 12.2. The molecule has 126 valence electrons. The van der Waals surface area contributed by atoms with Crippen molar-refractivity contribution in [3.05, 3.63) is 60.2 Å². The van der Waals surface area contributed by atoms with E-state index in [1.54, 1.807) is 12.1 Å². The summed E-state index contributed by atoms with van der Waals surface area (Å²) >= 11 is 0. The highest BCUT2D eigenvalue weighted by Crippen LogP contribution is 2.13. The molecule has 0 radical (unpaired) electrons. The molecule has 0 bridgehead atoms. The monoisotopic (exact) mass is 332 g/mol. The smallest absolute Gasteiger partial charge is 0.187 e. The number of para-hydroxylation sites is 1. The Morgan fingerprint density at radius 1 is 1.04 bits per heavy atom. The number of carbonyl (C=O) groups is 1. The van der Waals surface area contributed by atoms with Gasteiger partial charge >= 0.3 is 0 Å². The summed E-state index contributed by atoms with van der Waals surface area (Å²) in [6.45, 7) is 1.98. The molecule has 0 atom stereocenters. The molecule has 0 fully saturated rings. The van der Waals surface area contributed by atoms with E-state index in [9.17, 15) is 4.79 Å². The predicted molar refractivity (Wildman–Crippen MR) is 104 cm³/mol. The van der Waals surface area contributed by atoms with Gasteiger partial charge in [-0.15, -0.1) is 0 Å². The summed E-state index contributed by atoms with van der Waals surface area (Å²) in [5.41, 5.74) is 2.64. The molecule has 0 aliphatic rings. The van der Waals surface area contributed by atoms with Crippen LogP contribution in [0.2, 0.25) is 0 Å². The van der Waals surface area contributed by atoms with Crippen molar-refractivity contribution >= 4 is 41.0 Å². The summed E-state index contributed by atoms with van der Waals surface area (Å²) < 4.78 is 0. The van der Waals surface area contributed by atoms with Crippen molar-refractivity contribution in [1.29, 1.82) is 10.8 Å². The van der Waals surface area contributed by atoms with Crippen molar-refractivity contribution in [2.75, 3.05) is 0 Å². The van der Waals surface area contributed by atoms with Crippen LogP contribution in [0.4, 0.5) is 11.4 Å². The molecule has 25 heavy (non-hydrogen) atoms. The molecule has 2 rings (SSSR count). The van der Waals surface area contributed by atoms with Gasteiger partial charge in [-0.05, 0) is 36.8 Å². The van der Waals surface area contributed by atoms with E-state index in [2.05, 4.69) is 9.98 Å². The summed E-state index contributed by atoms with van der Waals surface area (Å²) in [5, 5.41) is 15.3. The number of hydrogen-bond donors (Lipinski definition) is 2. The van der Waals surface area contributed by atoms with Crippen molar-refractivity contribution in [3.8, 4) is 0 Å². The second-order valence-corrected chi connectivity index (χ2v) is 5.46. The second-order valence-electron chi connectivity index (χ2n) is 5.46. The van der Waals surface area contributed by atoms with Crippen molar-refractivity contribution in [1.82, 2.24) is 0 Å². The van der Waals surface area contributed by atoms with Gasteiger partial charge in [0.05, 0.1) is 17.1 Å². The Balaban J connectivity index is 2.07. The summed E-state index contributed by atoms with van der Waals surface area (Å²) in [5.74, 6) is -0.368. The lowest BCUT2D eigenvalue weighted by molar-refractivity contribution is -0.111. The number of nitrogens with one attached hydrogen (secondary N) is 2. The van der Waals surface area contributed by atoms with Crippen LogP contribution in [-0.2, 0) is 4.79 Å². The Kier molecular flexibility index (Phi) is 6.65. The van der Waals surface area contributed by atoms with Crippen LogP contribution in [-0.4, -0.2) is 29.6 Å². The first-order valence-corrected chi connectivity index (χ1v) is 7.93. The molecule has 0 saturated heterocycles. The lowest BCUT2D eigenvalue weighted by atomic mass is 10.1. The van der Waals surface area contributed by atoms with Crippen LogP contribution in [0, 0.1) is 17.7 Å². The fourth-order valence-corrected chi connectivity index (χ4v) is 2.16. The number of rotatable bonds is 8. The van der Waals surface area contributed by atoms with Gasteiger partial charge in [0.25, 0.3) is 0 Å². The Morgan fingerprint density at radius 2 is 1.76 bits per heavy atom. The van der Waals surface area contributed by atoms with E-state index >= 15 is 0 Å². The Bertz CT molecular complexity index is 823. The van der Waals surface area contributed by atoms with E-state index in [-0.39, 0.29) is 30.0 Å². The molecular formula is C20H20N4O. The molecule has 2 aromatic rings. The first-order chi connectivity index (χ1) is 12.1. The van der Waals surface area contributed by atoms with E-state index < -0.39 is 0 Å². The zero-order chi connectivity index (χ0) is 18.1. The zero-order valence-corrected chi connectivity index (χ0v) is 14.1.